The lowest BCUT2D eigenvalue weighted by Gasteiger charge is -2.04. The summed E-state index contributed by atoms with van der Waals surface area (Å²) in [5.74, 6) is 0.168. The van der Waals surface area contributed by atoms with Gasteiger partial charge in [-0.05, 0) is 17.7 Å². The van der Waals surface area contributed by atoms with Crippen molar-refractivity contribution >= 4 is 33.3 Å². The average molecular weight is 278 g/mol. The highest BCUT2D eigenvalue weighted by atomic mass is 79.9. The van der Waals surface area contributed by atoms with E-state index in [0.717, 1.165) is 5.56 Å². The first kappa shape index (κ1) is 11.5. The number of carbonyl (C=O) groups is 1. The van der Waals surface area contributed by atoms with E-state index in [1.807, 2.05) is 0 Å². The van der Waals surface area contributed by atoms with Crippen LogP contribution in [-0.4, -0.2) is 16.8 Å². The number of hydrogen-bond donors (Lipinski definition) is 1. The molecule has 14 heavy (non-hydrogen) atoms. The van der Waals surface area contributed by atoms with Gasteiger partial charge in [-0.2, -0.15) is 0 Å². The molecule has 0 heterocycles. The van der Waals surface area contributed by atoms with E-state index in [2.05, 4.69) is 15.9 Å². The topological polar surface area (TPSA) is 37.3 Å². The Labute approximate surface area is 96.0 Å². The van der Waals surface area contributed by atoms with Gasteiger partial charge in [0.25, 0.3) is 0 Å². The van der Waals surface area contributed by atoms with Gasteiger partial charge in [-0.15, -0.1) is 11.6 Å². The zero-order valence-electron chi connectivity index (χ0n) is 7.46. The monoisotopic (exact) mass is 276 g/mol. The van der Waals surface area contributed by atoms with Crippen LogP contribution in [0.4, 0.5) is 0 Å². The highest BCUT2D eigenvalue weighted by molar-refractivity contribution is 9.08. The van der Waals surface area contributed by atoms with Crippen LogP contribution < -0.4 is 0 Å². The molecule has 1 aromatic rings. The molecule has 1 rings (SSSR count). The molecule has 0 aliphatic carbocycles. The molecule has 1 N–H and O–H groups in total. The first-order valence-corrected chi connectivity index (χ1v) is 5.81. The molecule has 0 aliphatic rings. The molecule has 76 valence electrons. The predicted octanol–water partition coefficient (Wildman–Crippen LogP) is 3.10. The van der Waals surface area contributed by atoms with Gasteiger partial charge in [0, 0.05) is 17.6 Å². The van der Waals surface area contributed by atoms with Crippen molar-refractivity contribution in [1.82, 2.24) is 0 Å². The molecule has 0 aliphatic heterocycles. The van der Waals surface area contributed by atoms with Crippen molar-refractivity contribution in [3.05, 3.63) is 29.3 Å². The molecule has 0 fully saturated rings. The molecule has 0 radical (unpaired) electrons. The number of halogens is 2. The van der Waals surface area contributed by atoms with Gasteiger partial charge in [0.2, 0.25) is 0 Å². The van der Waals surface area contributed by atoms with Crippen LogP contribution >= 0.6 is 27.5 Å². The number of Topliss-reactive ketones (excluding diaryl/α,β-unsaturated/α-hetero) is 1. The minimum atomic E-state index is -0.125. The molecular formula is C10H10BrClO2. The Morgan fingerprint density at radius 3 is 2.79 bits per heavy atom. The second-order valence-electron chi connectivity index (χ2n) is 2.85. The lowest BCUT2D eigenvalue weighted by molar-refractivity contribution is 0.0986. The number of benzene rings is 1. The highest BCUT2D eigenvalue weighted by Gasteiger charge is 2.10. The van der Waals surface area contributed by atoms with Crippen molar-refractivity contribution in [3.8, 4) is 5.75 Å². The molecule has 0 spiro atoms. The van der Waals surface area contributed by atoms with Gasteiger partial charge in [-0.3, -0.25) is 4.79 Å². The van der Waals surface area contributed by atoms with Gasteiger partial charge in [-0.25, -0.2) is 0 Å². The van der Waals surface area contributed by atoms with Gasteiger partial charge in [-0.1, -0.05) is 22.0 Å². The summed E-state index contributed by atoms with van der Waals surface area (Å²) in [4.78, 5) is 11.5. The maximum atomic E-state index is 11.5. The third-order valence-corrected chi connectivity index (χ3v) is 2.67. The number of ketones is 1. The van der Waals surface area contributed by atoms with E-state index in [1.165, 1.54) is 6.07 Å². The summed E-state index contributed by atoms with van der Waals surface area (Å²) in [6, 6.07) is 4.97. The average Bonchev–Trinajstić information content (AvgIpc) is 2.19. The summed E-state index contributed by atoms with van der Waals surface area (Å²) in [6.45, 7) is 0. The number of alkyl halides is 2. The van der Waals surface area contributed by atoms with Crippen molar-refractivity contribution in [2.75, 3.05) is 5.88 Å². The third kappa shape index (κ3) is 2.72. The lowest BCUT2D eigenvalue weighted by Crippen LogP contribution is -2.00. The van der Waals surface area contributed by atoms with Crippen LogP contribution in [0.3, 0.4) is 0 Å². The summed E-state index contributed by atoms with van der Waals surface area (Å²) in [5.41, 5.74) is 1.31. The maximum Gasteiger partial charge on any atom is 0.167 e. The van der Waals surface area contributed by atoms with E-state index >= 15 is 0 Å². The lowest BCUT2D eigenvalue weighted by atomic mass is 10.1. The Morgan fingerprint density at radius 2 is 2.21 bits per heavy atom. The Balaban J connectivity index is 2.99. The fourth-order valence-electron chi connectivity index (χ4n) is 1.11. The van der Waals surface area contributed by atoms with E-state index in [1.54, 1.807) is 12.1 Å². The van der Waals surface area contributed by atoms with Crippen molar-refractivity contribution in [3.63, 3.8) is 0 Å². The first-order chi connectivity index (χ1) is 6.69. The molecular weight excluding hydrogens is 267 g/mol. The fraction of sp³-hybridized carbons (Fsp3) is 0.300. The SMILES string of the molecule is O=C(CCCl)c1cc(CBr)ccc1O. The Bertz CT molecular complexity index is 339. The van der Waals surface area contributed by atoms with Gasteiger partial charge in [0.15, 0.2) is 5.78 Å². The largest absolute Gasteiger partial charge is 0.507 e. The second kappa shape index (κ2) is 5.37. The number of hydrogen-bond acceptors (Lipinski definition) is 2. The molecule has 0 saturated heterocycles. The van der Waals surface area contributed by atoms with Gasteiger partial charge in [0.05, 0.1) is 5.56 Å². The second-order valence-corrected chi connectivity index (χ2v) is 3.79. The number of phenolic OH excluding ortho intramolecular Hbond substituents is 1. The van der Waals surface area contributed by atoms with Crippen molar-refractivity contribution in [2.45, 2.75) is 11.8 Å². The minimum Gasteiger partial charge on any atom is -0.507 e. The van der Waals surface area contributed by atoms with E-state index in [4.69, 9.17) is 11.6 Å². The number of carbonyl (C=O) groups excluding carboxylic acids is 1. The molecule has 2 nitrogen and oxygen atoms in total. The third-order valence-electron chi connectivity index (χ3n) is 1.84. The quantitative estimate of drug-likeness (QED) is 0.678. The minimum absolute atomic E-state index is 0.0183. The normalized spacial score (nSPS) is 10.1. The van der Waals surface area contributed by atoms with E-state index < -0.39 is 0 Å². The van der Waals surface area contributed by atoms with Crippen LogP contribution in [0.15, 0.2) is 18.2 Å². The summed E-state index contributed by atoms with van der Waals surface area (Å²) in [7, 11) is 0. The van der Waals surface area contributed by atoms with Crippen LogP contribution in [0.2, 0.25) is 0 Å². The maximum absolute atomic E-state index is 11.5. The van der Waals surface area contributed by atoms with Crippen molar-refractivity contribution in [1.29, 1.82) is 0 Å². The van der Waals surface area contributed by atoms with E-state index in [-0.39, 0.29) is 23.8 Å². The molecule has 1 aromatic carbocycles. The van der Waals surface area contributed by atoms with Gasteiger partial charge in [0.1, 0.15) is 5.75 Å². The molecule has 0 amide bonds. The predicted molar refractivity (Wildman–Crippen MR) is 60.4 cm³/mol. The zero-order valence-corrected chi connectivity index (χ0v) is 9.81. The van der Waals surface area contributed by atoms with Gasteiger partial charge >= 0.3 is 0 Å². The molecule has 4 heteroatoms. The summed E-state index contributed by atoms with van der Waals surface area (Å²) in [5, 5.41) is 10.1. The summed E-state index contributed by atoms with van der Waals surface area (Å²) < 4.78 is 0. The molecule has 0 saturated carbocycles. The van der Waals surface area contributed by atoms with E-state index in [0.29, 0.717) is 10.9 Å². The molecule has 0 unspecified atom stereocenters. The number of aromatic hydroxyl groups is 1. The Hall–Kier alpha value is -0.540. The molecule has 0 atom stereocenters. The smallest absolute Gasteiger partial charge is 0.167 e. The summed E-state index contributed by atoms with van der Waals surface area (Å²) in [6.07, 6.45) is 0.251. The fourth-order valence-corrected chi connectivity index (χ4v) is 1.63. The van der Waals surface area contributed by atoms with Crippen LogP contribution in [0, 0.1) is 0 Å². The van der Waals surface area contributed by atoms with Crippen molar-refractivity contribution < 1.29 is 9.90 Å². The zero-order chi connectivity index (χ0) is 10.6. The standard InChI is InChI=1S/C10H10BrClO2/c11-6-7-1-2-9(13)8(5-7)10(14)3-4-12/h1-2,5,13H,3-4,6H2. The van der Waals surface area contributed by atoms with Crippen LogP contribution in [-0.2, 0) is 5.33 Å². The van der Waals surface area contributed by atoms with Crippen LogP contribution in [0.5, 0.6) is 5.75 Å². The molecule has 0 bridgehead atoms. The highest BCUT2D eigenvalue weighted by Crippen LogP contribution is 2.21. The molecule has 0 aromatic heterocycles. The van der Waals surface area contributed by atoms with E-state index in [9.17, 15) is 9.90 Å². The first-order valence-electron chi connectivity index (χ1n) is 4.16. The number of phenols is 1. The summed E-state index contributed by atoms with van der Waals surface area (Å²) >= 11 is 8.75. The Morgan fingerprint density at radius 1 is 1.50 bits per heavy atom. The Kier molecular flexibility index (Phi) is 4.42. The van der Waals surface area contributed by atoms with Crippen LogP contribution in [0.1, 0.15) is 22.3 Å². The van der Waals surface area contributed by atoms with Crippen molar-refractivity contribution in [2.24, 2.45) is 0 Å². The van der Waals surface area contributed by atoms with Gasteiger partial charge < -0.3 is 5.11 Å². The van der Waals surface area contributed by atoms with Crippen LogP contribution in [0.25, 0.3) is 0 Å². The number of rotatable bonds is 4.